The van der Waals surface area contributed by atoms with Crippen LogP contribution in [0.3, 0.4) is 0 Å². The predicted molar refractivity (Wildman–Crippen MR) is 71.0 cm³/mol. The Bertz CT molecular complexity index is 677. The number of benzene rings is 2. The molecular formula is C14H12N4. The highest BCUT2D eigenvalue weighted by molar-refractivity contribution is 5.72. The molecule has 3 rings (SSSR count). The van der Waals surface area contributed by atoms with Gasteiger partial charge < -0.3 is 5.73 Å². The van der Waals surface area contributed by atoms with Crippen molar-refractivity contribution in [3.63, 3.8) is 0 Å². The molecule has 0 saturated heterocycles. The number of nitrogens with two attached hydrogens (primary N) is 1. The van der Waals surface area contributed by atoms with Crippen molar-refractivity contribution in [3.05, 3.63) is 59.9 Å². The Labute approximate surface area is 105 Å². The lowest BCUT2D eigenvalue weighted by Crippen LogP contribution is -1.99. The summed E-state index contributed by atoms with van der Waals surface area (Å²) in [6, 6.07) is 15.4. The van der Waals surface area contributed by atoms with Crippen LogP contribution >= 0.6 is 0 Å². The summed E-state index contributed by atoms with van der Waals surface area (Å²) >= 11 is 0. The molecule has 88 valence electrons. The fourth-order valence-corrected chi connectivity index (χ4v) is 1.81. The molecule has 2 aromatic carbocycles. The van der Waals surface area contributed by atoms with Gasteiger partial charge in [-0.25, -0.2) is 4.98 Å². The van der Waals surface area contributed by atoms with Crippen LogP contribution < -0.4 is 5.73 Å². The first-order valence-corrected chi connectivity index (χ1v) is 5.74. The van der Waals surface area contributed by atoms with Crippen molar-refractivity contribution in [2.24, 2.45) is 0 Å². The maximum atomic E-state index is 5.65. The molecule has 0 atom stereocenters. The van der Waals surface area contributed by atoms with E-state index in [-0.39, 0.29) is 0 Å². The molecule has 18 heavy (non-hydrogen) atoms. The first-order chi connectivity index (χ1) is 8.81. The zero-order chi connectivity index (χ0) is 12.4. The number of hydrogen-bond donors (Lipinski definition) is 1. The number of para-hydroxylation sites is 1. The number of nitrogens with zero attached hydrogens (tertiary/aromatic N) is 3. The van der Waals surface area contributed by atoms with Crippen molar-refractivity contribution in [2.45, 2.75) is 6.42 Å². The van der Waals surface area contributed by atoms with E-state index in [1.54, 1.807) is 0 Å². The molecule has 2 N–H and O–H groups in total. The Kier molecular flexibility index (Phi) is 2.61. The molecule has 0 spiro atoms. The Balaban J connectivity index is 1.92. The topological polar surface area (TPSA) is 64.7 Å². The van der Waals surface area contributed by atoms with E-state index in [9.17, 15) is 0 Å². The van der Waals surface area contributed by atoms with Gasteiger partial charge in [-0.15, -0.1) is 10.2 Å². The average molecular weight is 236 g/mol. The van der Waals surface area contributed by atoms with Crippen molar-refractivity contribution in [1.29, 1.82) is 0 Å². The Morgan fingerprint density at radius 1 is 0.833 bits per heavy atom. The van der Waals surface area contributed by atoms with E-state index in [0.29, 0.717) is 6.42 Å². The monoisotopic (exact) mass is 236 g/mol. The smallest absolute Gasteiger partial charge is 0.156 e. The summed E-state index contributed by atoms with van der Waals surface area (Å²) in [7, 11) is 0. The highest BCUT2D eigenvalue weighted by Crippen LogP contribution is 2.11. The molecule has 1 heterocycles. The van der Waals surface area contributed by atoms with Crippen molar-refractivity contribution in [1.82, 2.24) is 15.2 Å². The normalized spacial score (nSPS) is 10.7. The lowest BCUT2D eigenvalue weighted by atomic mass is 10.1. The molecule has 0 unspecified atom stereocenters. The largest absolute Gasteiger partial charge is 0.399 e. The van der Waals surface area contributed by atoms with E-state index in [4.69, 9.17) is 5.73 Å². The molecular weight excluding hydrogens is 224 g/mol. The molecule has 3 aromatic rings. The first-order valence-electron chi connectivity index (χ1n) is 5.74. The molecule has 0 amide bonds. The third kappa shape index (κ3) is 2.13. The molecule has 1 aromatic heterocycles. The van der Waals surface area contributed by atoms with Gasteiger partial charge in [-0.1, -0.05) is 24.3 Å². The lowest BCUT2D eigenvalue weighted by molar-refractivity contribution is 0.900. The van der Waals surface area contributed by atoms with Gasteiger partial charge in [-0.05, 0) is 29.8 Å². The third-order valence-electron chi connectivity index (χ3n) is 2.75. The van der Waals surface area contributed by atoms with E-state index in [1.165, 1.54) is 0 Å². The number of anilines is 1. The number of nitrogen functional groups attached to an aromatic ring is 1. The van der Waals surface area contributed by atoms with Crippen LogP contribution in [0, 0.1) is 0 Å². The highest BCUT2D eigenvalue weighted by Gasteiger charge is 2.02. The summed E-state index contributed by atoms with van der Waals surface area (Å²) in [4.78, 5) is 4.49. The van der Waals surface area contributed by atoms with Gasteiger partial charge in [0.25, 0.3) is 0 Å². The molecule has 0 fully saturated rings. The first kappa shape index (κ1) is 10.7. The van der Waals surface area contributed by atoms with Crippen LogP contribution in [0.5, 0.6) is 0 Å². The minimum atomic E-state index is 0.665. The second kappa shape index (κ2) is 4.41. The van der Waals surface area contributed by atoms with Gasteiger partial charge >= 0.3 is 0 Å². The highest BCUT2D eigenvalue weighted by atomic mass is 15.1. The summed E-state index contributed by atoms with van der Waals surface area (Å²) in [6.45, 7) is 0. The van der Waals surface area contributed by atoms with Crippen molar-refractivity contribution >= 4 is 16.7 Å². The van der Waals surface area contributed by atoms with E-state index in [1.807, 2.05) is 48.5 Å². The second-order valence-corrected chi connectivity index (χ2v) is 4.14. The maximum Gasteiger partial charge on any atom is 0.156 e. The summed E-state index contributed by atoms with van der Waals surface area (Å²) < 4.78 is 0. The Morgan fingerprint density at radius 3 is 2.33 bits per heavy atom. The van der Waals surface area contributed by atoms with Crippen molar-refractivity contribution in [3.8, 4) is 0 Å². The summed E-state index contributed by atoms with van der Waals surface area (Å²) in [6.07, 6.45) is 0.665. The molecule has 0 aliphatic heterocycles. The minimum absolute atomic E-state index is 0.665. The van der Waals surface area contributed by atoms with Crippen LogP contribution in [-0.4, -0.2) is 15.2 Å². The Hall–Kier alpha value is -2.49. The lowest BCUT2D eigenvalue weighted by Gasteiger charge is -2.02. The second-order valence-electron chi connectivity index (χ2n) is 4.14. The van der Waals surface area contributed by atoms with E-state index >= 15 is 0 Å². The quantitative estimate of drug-likeness (QED) is 0.693. The maximum absolute atomic E-state index is 5.65. The van der Waals surface area contributed by atoms with Crippen molar-refractivity contribution < 1.29 is 0 Å². The summed E-state index contributed by atoms with van der Waals surface area (Å²) in [5.41, 5.74) is 9.23. The Morgan fingerprint density at radius 2 is 1.56 bits per heavy atom. The van der Waals surface area contributed by atoms with Crippen molar-refractivity contribution in [2.75, 3.05) is 5.73 Å². The third-order valence-corrected chi connectivity index (χ3v) is 2.75. The van der Waals surface area contributed by atoms with Crippen LogP contribution in [0.25, 0.3) is 11.0 Å². The molecule has 0 aliphatic carbocycles. The SMILES string of the molecule is Nc1ccc(Cc2nnc3ccccc3n2)cc1. The molecule has 0 aliphatic rings. The van der Waals surface area contributed by atoms with Crippen LogP contribution in [-0.2, 0) is 6.42 Å². The van der Waals surface area contributed by atoms with Crippen LogP contribution in [0.15, 0.2) is 48.5 Å². The molecule has 4 heteroatoms. The standard InChI is InChI=1S/C14H12N4/c15-11-7-5-10(6-8-11)9-14-16-12-3-1-2-4-13(12)17-18-14/h1-8H,9,15H2. The number of rotatable bonds is 2. The predicted octanol–water partition coefficient (Wildman–Crippen LogP) is 2.20. The molecule has 0 bridgehead atoms. The van der Waals surface area contributed by atoms with Crippen LogP contribution in [0.4, 0.5) is 5.69 Å². The number of hydrogen-bond acceptors (Lipinski definition) is 4. The number of aromatic nitrogens is 3. The zero-order valence-corrected chi connectivity index (χ0v) is 9.74. The fourth-order valence-electron chi connectivity index (χ4n) is 1.81. The van der Waals surface area contributed by atoms with Gasteiger partial charge in [-0.3, -0.25) is 0 Å². The summed E-state index contributed by atoms with van der Waals surface area (Å²) in [5, 5.41) is 8.29. The van der Waals surface area contributed by atoms with E-state index in [2.05, 4.69) is 15.2 Å². The van der Waals surface area contributed by atoms with Gasteiger partial charge in [0.05, 0.1) is 5.52 Å². The van der Waals surface area contributed by atoms with E-state index < -0.39 is 0 Å². The van der Waals surface area contributed by atoms with Gasteiger partial charge in [0.15, 0.2) is 5.82 Å². The van der Waals surface area contributed by atoms with E-state index in [0.717, 1.165) is 28.1 Å². The fraction of sp³-hybridized carbons (Fsp3) is 0.0714. The molecule has 0 radical (unpaired) electrons. The van der Waals surface area contributed by atoms with Crippen LogP contribution in [0.1, 0.15) is 11.4 Å². The summed E-state index contributed by atoms with van der Waals surface area (Å²) in [5.74, 6) is 0.721. The van der Waals surface area contributed by atoms with Gasteiger partial charge in [-0.2, -0.15) is 0 Å². The van der Waals surface area contributed by atoms with Gasteiger partial charge in [0.1, 0.15) is 5.52 Å². The molecule has 0 saturated carbocycles. The van der Waals surface area contributed by atoms with Crippen LogP contribution in [0.2, 0.25) is 0 Å². The van der Waals surface area contributed by atoms with Gasteiger partial charge in [0.2, 0.25) is 0 Å². The minimum Gasteiger partial charge on any atom is -0.399 e. The average Bonchev–Trinajstić information content (AvgIpc) is 2.41. The zero-order valence-electron chi connectivity index (χ0n) is 9.74. The number of fused-ring (bicyclic) bond motifs is 1. The molecule has 4 nitrogen and oxygen atoms in total. The van der Waals surface area contributed by atoms with Gasteiger partial charge in [0, 0.05) is 12.1 Å².